The molecule has 0 aliphatic rings. The van der Waals surface area contributed by atoms with Crippen LogP contribution in [0.2, 0.25) is 0 Å². The lowest BCUT2D eigenvalue weighted by Crippen LogP contribution is -2.29. The van der Waals surface area contributed by atoms with Crippen molar-refractivity contribution in [3.05, 3.63) is 27.8 Å². The Labute approximate surface area is 112 Å². The van der Waals surface area contributed by atoms with Crippen LogP contribution in [0.4, 0.5) is 10.5 Å². The number of urea groups is 1. The van der Waals surface area contributed by atoms with Crippen molar-refractivity contribution in [1.82, 2.24) is 5.43 Å². The minimum absolute atomic E-state index is 0.113. The lowest BCUT2D eigenvalue weighted by atomic mass is 10.3. The van der Waals surface area contributed by atoms with Crippen molar-refractivity contribution in [2.24, 2.45) is 10.8 Å². The molecule has 0 spiro atoms. The molecule has 1 rings (SSSR count). The summed E-state index contributed by atoms with van der Waals surface area (Å²) in [6.07, 6.45) is 0. The molecule has 0 radical (unpaired) electrons. The van der Waals surface area contributed by atoms with Crippen LogP contribution >= 0.6 is 22.6 Å². The van der Waals surface area contributed by atoms with E-state index in [1.165, 1.54) is 6.92 Å². The van der Waals surface area contributed by atoms with Gasteiger partial charge in [-0.15, -0.1) is 0 Å². The van der Waals surface area contributed by atoms with Gasteiger partial charge in [0.1, 0.15) is 5.71 Å². The fraction of sp³-hybridized carbons (Fsp3) is 0.100. The SMILES string of the molecule is C/C(=N/NC(N)=O)C(=O)Nc1ccc(I)cc1. The molecular formula is C10H11IN4O2. The van der Waals surface area contributed by atoms with Crippen LogP contribution in [0.15, 0.2) is 29.4 Å². The Kier molecular flexibility index (Phi) is 4.88. The lowest BCUT2D eigenvalue weighted by molar-refractivity contribution is -0.110. The number of nitrogens with one attached hydrogen (secondary N) is 2. The number of primary amides is 1. The Morgan fingerprint density at radius 3 is 2.41 bits per heavy atom. The Hall–Kier alpha value is -1.64. The van der Waals surface area contributed by atoms with E-state index in [-0.39, 0.29) is 5.71 Å². The first-order valence-corrected chi connectivity index (χ1v) is 5.73. The molecule has 1 aromatic rings. The fourth-order valence-electron chi connectivity index (χ4n) is 0.944. The Morgan fingerprint density at radius 1 is 1.29 bits per heavy atom. The number of hydrogen-bond acceptors (Lipinski definition) is 3. The average molecular weight is 346 g/mol. The molecule has 6 nitrogen and oxygen atoms in total. The van der Waals surface area contributed by atoms with E-state index in [1.807, 2.05) is 17.6 Å². The zero-order valence-electron chi connectivity index (χ0n) is 9.03. The van der Waals surface area contributed by atoms with Crippen LogP contribution in [-0.4, -0.2) is 17.6 Å². The van der Waals surface area contributed by atoms with Gasteiger partial charge < -0.3 is 11.1 Å². The van der Waals surface area contributed by atoms with Crippen LogP contribution in [0.1, 0.15) is 6.92 Å². The molecule has 3 amide bonds. The number of hydrazone groups is 1. The summed E-state index contributed by atoms with van der Waals surface area (Å²) < 4.78 is 1.07. The molecule has 0 aliphatic heterocycles. The molecule has 0 saturated heterocycles. The van der Waals surface area contributed by atoms with Crippen LogP contribution in [0.25, 0.3) is 0 Å². The number of carbonyl (C=O) groups excluding carboxylic acids is 2. The highest BCUT2D eigenvalue weighted by Crippen LogP contribution is 2.10. The maximum atomic E-state index is 11.6. The van der Waals surface area contributed by atoms with Gasteiger partial charge in [-0.25, -0.2) is 10.2 Å². The number of hydrogen-bond donors (Lipinski definition) is 3. The standard InChI is InChI=1S/C10H11IN4O2/c1-6(14-15-10(12)17)9(16)13-8-4-2-7(11)3-5-8/h2-5H,1H3,(H,13,16)(H3,12,15,17)/b14-6-. The predicted octanol–water partition coefficient (Wildman–Crippen LogP) is 1.27. The first-order chi connectivity index (χ1) is 7.99. The summed E-state index contributed by atoms with van der Waals surface area (Å²) in [5, 5.41) is 6.14. The van der Waals surface area contributed by atoms with E-state index in [2.05, 4.69) is 33.0 Å². The summed E-state index contributed by atoms with van der Waals surface area (Å²) in [6, 6.07) is 6.46. The number of nitrogens with zero attached hydrogens (tertiary/aromatic N) is 1. The van der Waals surface area contributed by atoms with E-state index < -0.39 is 11.9 Å². The number of benzene rings is 1. The molecule has 1 aromatic carbocycles. The molecule has 0 aliphatic carbocycles. The van der Waals surface area contributed by atoms with Crippen molar-refractivity contribution < 1.29 is 9.59 Å². The van der Waals surface area contributed by atoms with Gasteiger partial charge in [0, 0.05) is 9.26 Å². The van der Waals surface area contributed by atoms with Gasteiger partial charge in [0.2, 0.25) is 0 Å². The monoisotopic (exact) mass is 346 g/mol. The third-order valence-electron chi connectivity index (χ3n) is 1.76. The fourth-order valence-corrected chi connectivity index (χ4v) is 1.30. The minimum Gasteiger partial charge on any atom is -0.350 e. The molecule has 0 unspecified atom stereocenters. The molecule has 0 bridgehead atoms. The number of halogens is 1. The van der Waals surface area contributed by atoms with Gasteiger partial charge in [-0.3, -0.25) is 4.79 Å². The largest absolute Gasteiger partial charge is 0.350 e. The zero-order chi connectivity index (χ0) is 12.8. The van der Waals surface area contributed by atoms with Gasteiger partial charge in [-0.2, -0.15) is 5.10 Å². The van der Waals surface area contributed by atoms with Crippen molar-refractivity contribution in [3.63, 3.8) is 0 Å². The normalized spacial score (nSPS) is 10.8. The highest BCUT2D eigenvalue weighted by molar-refractivity contribution is 14.1. The molecule has 0 aromatic heterocycles. The second-order valence-corrected chi connectivity index (χ2v) is 4.38. The van der Waals surface area contributed by atoms with Crippen LogP contribution in [0.3, 0.4) is 0 Å². The topological polar surface area (TPSA) is 96.6 Å². The molecular weight excluding hydrogens is 335 g/mol. The van der Waals surface area contributed by atoms with Crippen LogP contribution in [0.5, 0.6) is 0 Å². The third-order valence-corrected chi connectivity index (χ3v) is 2.48. The number of anilines is 1. The highest BCUT2D eigenvalue weighted by Gasteiger charge is 2.06. The molecule has 4 N–H and O–H groups in total. The summed E-state index contributed by atoms with van der Waals surface area (Å²) in [7, 11) is 0. The maximum Gasteiger partial charge on any atom is 0.332 e. The van der Waals surface area contributed by atoms with Crippen molar-refractivity contribution in [2.45, 2.75) is 6.92 Å². The molecule has 0 saturated carbocycles. The molecule has 0 heterocycles. The Morgan fingerprint density at radius 2 is 1.88 bits per heavy atom. The van der Waals surface area contributed by atoms with E-state index in [1.54, 1.807) is 12.1 Å². The Bertz CT molecular complexity index is 456. The van der Waals surface area contributed by atoms with Crippen molar-refractivity contribution in [2.75, 3.05) is 5.32 Å². The quantitative estimate of drug-likeness (QED) is 0.437. The molecule has 17 heavy (non-hydrogen) atoms. The van der Waals surface area contributed by atoms with Crippen molar-refractivity contribution in [1.29, 1.82) is 0 Å². The number of nitrogens with two attached hydrogens (primary N) is 1. The van der Waals surface area contributed by atoms with Gasteiger partial charge >= 0.3 is 6.03 Å². The van der Waals surface area contributed by atoms with E-state index in [0.717, 1.165) is 3.57 Å². The summed E-state index contributed by atoms with van der Waals surface area (Å²) in [4.78, 5) is 22.0. The zero-order valence-corrected chi connectivity index (χ0v) is 11.2. The summed E-state index contributed by atoms with van der Waals surface area (Å²) in [6.45, 7) is 1.47. The van der Waals surface area contributed by atoms with Gasteiger partial charge in [0.05, 0.1) is 0 Å². The first kappa shape index (κ1) is 13.4. The van der Waals surface area contributed by atoms with Crippen LogP contribution in [0, 0.1) is 3.57 Å². The van der Waals surface area contributed by atoms with E-state index in [0.29, 0.717) is 5.69 Å². The van der Waals surface area contributed by atoms with E-state index >= 15 is 0 Å². The summed E-state index contributed by atoms with van der Waals surface area (Å²) in [5.74, 6) is -0.403. The maximum absolute atomic E-state index is 11.6. The Balaban J connectivity index is 2.63. The third kappa shape index (κ3) is 4.81. The first-order valence-electron chi connectivity index (χ1n) is 4.65. The molecule has 7 heteroatoms. The van der Waals surface area contributed by atoms with E-state index in [9.17, 15) is 9.59 Å². The lowest BCUT2D eigenvalue weighted by Gasteiger charge is -2.04. The van der Waals surface area contributed by atoms with Gasteiger partial charge in [0.15, 0.2) is 0 Å². The average Bonchev–Trinajstić information content (AvgIpc) is 2.28. The van der Waals surface area contributed by atoms with Crippen molar-refractivity contribution >= 4 is 45.9 Å². The smallest absolute Gasteiger partial charge is 0.332 e. The second kappa shape index (κ2) is 6.18. The van der Waals surface area contributed by atoms with Crippen LogP contribution in [-0.2, 0) is 4.79 Å². The number of carbonyl (C=O) groups is 2. The van der Waals surface area contributed by atoms with Crippen molar-refractivity contribution in [3.8, 4) is 0 Å². The van der Waals surface area contributed by atoms with E-state index in [4.69, 9.17) is 5.73 Å². The van der Waals surface area contributed by atoms with Gasteiger partial charge in [-0.05, 0) is 53.8 Å². The molecule has 90 valence electrons. The van der Waals surface area contributed by atoms with Gasteiger partial charge in [-0.1, -0.05) is 0 Å². The van der Waals surface area contributed by atoms with Gasteiger partial charge in [0.25, 0.3) is 5.91 Å². The summed E-state index contributed by atoms with van der Waals surface area (Å²) >= 11 is 2.17. The minimum atomic E-state index is -0.814. The molecule has 0 atom stereocenters. The number of rotatable bonds is 3. The predicted molar refractivity (Wildman–Crippen MR) is 73.6 cm³/mol. The number of amides is 3. The summed E-state index contributed by atoms with van der Waals surface area (Å²) in [5.41, 5.74) is 7.58. The van der Waals surface area contributed by atoms with Crippen LogP contribution < -0.4 is 16.5 Å². The molecule has 0 fully saturated rings. The second-order valence-electron chi connectivity index (χ2n) is 3.13. The highest BCUT2D eigenvalue weighted by atomic mass is 127.